The molecule has 4 heteroatoms. The fourth-order valence-electron chi connectivity index (χ4n) is 1.73. The van der Waals surface area contributed by atoms with Gasteiger partial charge in [0.15, 0.2) is 0 Å². The Morgan fingerprint density at radius 2 is 2.12 bits per heavy atom. The lowest BCUT2D eigenvalue weighted by atomic mass is 10.0. The number of nitrogens with zero attached hydrogens (tertiary/aromatic N) is 3. The molecule has 0 radical (unpaired) electrons. The molecule has 1 unspecified atom stereocenters. The summed E-state index contributed by atoms with van der Waals surface area (Å²) in [7, 11) is 1.85. The van der Waals surface area contributed by atoms with Gasteiger partial charge in [0.25, 0.3) is 0 Å². The molecule has 1 N–H and O–H groups in total. The van der Waals surface area contributed by atoms with Gasteiger partial charge < -0.3 is 9.67 Å². The van der Waals surface area contributed by atoms with Crippen LogP contribution < -0.4 is 0 Å². The monoisotopic (exact) mass is 227 g/mol. The van der Waals surface area contributed by atoms with Gasteiger partial charge >= 0.3 is 0 Å². The van der Waals surface area contributed by atoms with Crippen molar-refractivity contribution in [2.75, 3.05) is 0 Å². The lowest BCUT2D eigenvalue weighted by Crippen LogP contribution is -2.06. The van der Waals surface area contributed by atoms with Crippen LogP contribution in [0.5, 0.6) is 0 Å². The number of benzene rings is 1. The second-order valence-corrected chi connectivity index (χ2v) is 3.96. The summed E-state index contributed by atoms with van der Waals surface area (Å²) in [5, 5.41) is 18.7. The van der Waals surface area contributed by atoms with Crippen LogP contribution in [0.15, 0.2) is 36.8 Å². The SMILES string of the molecule is Cn1cncc1C(O)Cc1ccc(C#N)cc1. The van der Waals surface area contributed by atoms with Gasteiger partial charge in [-0.2, -0.15) is 5.26 Å². The summed E-state index contributed by atoms with van der Waals surface area (Å²) in [6.07, 6.45) is 3.27. The van der Waals surface area contributed by atoms with Crippen LogP contribution in [0, 0.1) is 11.3 Å². The molecule has 17 heavy (non-hydrogen) atoms. The number of hydrogen-bond donors (Lipinski definition) is 1. The van der Waals surface area contributed by atoms with E-state index in [2.05, 4.69) is 11.1 Å². The maximum Gasteiger partial charge on any atom is 0.0995 e. The molecule has 0 aliphatic heterocycles. The van der Waals surface area contributed by atoms with Gasteiger partial charge in [-0.05, 0) is 17.7 Å². The van der Waals surface area contributed by atoms with Gasteiger partial charge in [0.2, 0.25) is 0 Å². The molecule has 0 saturated carbocycles. The average Bonchev–Trinajstić information content (AvgIpc) is 2.76. The minimum atomic E-state index is -0.574. The van der Waals surface area contributed by atoms with Gasteiger partial charge in [-0.3, -0.25) is 0 Å². The van der Waals surface area contributed by atoms with E-state index in [1.165, 1.54) is 0 Å². The van der Waals surface area contributed by atoms with Crippen LogP contribution in [0.25, 0.3) is 0 Å². The third kappa shape index (κ3) is 2.52. The van der Waals surface area contributed by atoms with Crippen molar-refractivity contribution < 1.29 is 5.11 Å². The Hall–Kier alpha value is -2.12. The molecule has 0 aliphatic carbocycles. The van der Waals surface area contributed by atoms with Crippen molar-refractivity contribution in [2.45, 2.75) is 12.5 Å². The molecule has 0 saturated heterocycles. The second-order valence-electron chi connectivity index (χ2n) is 3.96. The first kappa shape index (κ1) is 11.4. The van der Waals surface area contributed by atoms with Gasteiger partial charge in [0.1, 0.15) is 0 Å². The van der Waals surface area contributed by atoms with Crippen molar-refractivity contribution in [1.82, 2.24) is 9.55 Å². The first-order valence-electron chi connectivity index (χ1n) is 5.34. The van der Waals surface area contributed by atoms with Crippen molar-refractivity contribution in [1.29, 1.82) is 5.26 Å². The van der Waals surface area contributed by atoms with Crippen LogP contribution in [0.2, 0.25) is 0 Å². The van der Waals surface area contributed by atoms with Gasteiger partial charge in [-0.25, -0.2) is 4.98 Å². The molecular weight excluding hydrogens is 214 g/mol. The number of hydrogen-bond acceptors (Lipinski definition) is 3. The summed E-state index contributed by atoms with van der Waals surface area (Å²) in [6, 6.07) is 9.30. The average molecular weight is 227 g/mol. The van der Waals surface area contributed by atoms with Crippen LogP contribution in [0.3, 0.4) is 0 Å². The molecule has 1 heterocycles. The zero-order valence-electron chi connectivity index (χ0n) is 9.54. The van der Waals surface area contributed by atoms with E-state index in [1.54, 1.807) is 29.2 Å². The number of aliphatic hydroxyl groups excluding tert-OH is 1. The van der Waals surface area contributed by atoms with E-state index >= 15 is 0 Å². The zero-order valence-corrected chi connectivity index (χ0v) is 9.54. The van der Waals surface area contributed by atoms with Gasteiger partial charge in [0.05, 0.1) is 36.0 Å². The van der Waals surface area contributed by atoms with Gasteiger partial charge in [-0.15, -0.1) is 0 Å². The van der Waals surface area contributed by atoms with E-state index in [0.29, 0.717) is 12.0 Å². The summed E-state index contributed by atoms with van der Waals surface area (Å²) in [4.78, 5) is 3.97. The number of imidazole rings is 1. The smallest absolute Gasteiger partial charge is 0.0995 e. The Bertz CT molecular complexity index is 537. The highest BCUT2D eigenvalue weighted by atomic mass is 16.3. The van der Waals surface area contributed by atoms with Crippen molar-refractivity contribution in [3.8, 4) is 6.07 Å². The fourth-order valence-corrected chi connectivity index (χ4v) is 1.73. The Morgan fingerprint density at radius 3 is 2.65 bits per heavy atom. The topological polar surface area (TPSA) is 61.8 Å². The van der Waals surface area contributed by atoms with Crippen LogP contribution in [-0.4, -0.2) is 14.7 Å². The first-order chi connectivity index (χ1) is 8.20. The Kier molecular flexibility index (Phi) is 3.22. The molecule has 86 valence electrons. The first-order valence-corrected chi connectivity index (χ1v) is 5.34. The van der Waals surface area contributed by atoms with E-state index in [1.807, 2.05) is 19.2 Å². The van der Waals surface area contributed by atoms with Crippen LogP contribution >= 0.6 is 0 Å². The largest absolute Gasteiger partial charge is 0.386 e. The third-order valence-electron chi connectivity index (χ3n) is 2.71. The van der Waals surface area contributed by atoms with Crippen molar-refractivity contribution in [3.05, 3.63) is 53.6 Å². The molecule has 0 amide bonds. The molecule has 2 rings (SSSR count). The summed E-state index contributed by atoms with van der Waals surface area (Å²) >= 11 is 0. The Balaban J connectivity index is 2.11. The van der Waals surface area contributed by atoms with Crippen molar-refractivity contribution in [2.24, 2.45) is 7.05 Å². The molecule has 1 atom stereocenters. The van der Waals surface area contributed by atoms with E-state index in [-0.39, 0.29) is 0 Å². The lowest BCUT2D eigenvalue weighted by Gasteiger charge is -2.11. The fraction of sp³-hybridized carbons (Fsp3) is 0.231. The standard InChI is InChI=1S/C13H13N3O/c1-16-9-15-8-12(16)13(17)6-10-2-4-11(7-14)5-3-10/h2-5,8-9,13,17H,6H2,1H3. The minimum absolute atomic E-state index is 0.519. The highest BCUT2D eigenvalue weighted by Crippen LogP contribution is 2.17. The number of aromatic nitrogens is 2. The zero-order chi connectivity index (χ0) is 12.3. The van der Waals surface area contributed by atoms with Gasteiger partial charge in [-0.1, -0.05) is 12.1 Å². The molecule has 0 aliphatic rings. The summed E-state index contributed by atoms with van der Waals surface area (Å²) in [6.45, 7) is 0. The normalized spacial score (nSPS) is 12.1. The maximum absolute atomic E-state index is 10.0. The van der Waals surface area contributed by atoms with Crippen molar-refractivity contribution in [3.63, 3.8) is 0 Å². The highest BCUT2D eigenvalue weighted by molar-refractivity contribution is 5.32. The van der Waals surface area contributed by atoms with Crippen molar-refractivity contribution >= 4 is 0 Å². The van der Waals surface area contributed by atoms with Crippen LogP contribution in [0.1, 0.15) is 22.9 Å². The number of aryl methyl sites for hydroxylation is 1. The molecule has 0 bridgehead atoms. The Morgan fingerprint density at radius 1 is 1.41 bits per heavy atom. The van der Waals surface area contributed by atoms with E-state index < -0.39 is 6.10 Å². The van der Waals surface area contributed by atoms with E-state index in [4.69, 9.17) is 5.26 Å². The number of rotatable bonds is 3. The van der Waals surface area contributed by atoms with E-state index in [9.17, 15) is 5.11 Å². The number of aliphatic hydroxyl groups is 1. The highest BCUT2D eigenvalue weighted by Gasteiger charge is 2.11. The van der Waals surface area contributed by atoms with Crippen LogP contribution in [-0.2, 0) is 13.5 Å². The Labute approximate surface area is 99.8 Å². The minimum Gasteiger partial charge on any atom is -0.386 e. The molecule has 2 aromatic rings. The maximum atomic E-state index is 10.0. The molecule has 1 aromatic heterocycles. The summed E-state index contributed by atoms with van der Waals surface area (Å²) in [5.41, 5.74) is 2.41. The predicted molar refractivity (Wildman–Crippen MR) is 63.0 cm³/mol. The molecule has 4 nitrogen and oxygen atoms in total. The third-order valence-corrected chi connectivity index (χ3v) is 2.71. The molecule has 1 aromatic carbocycles. The quantitative estimate of drug-likeness (QED) is 0.865. The summed E-state index contributed by atoms with van der Waals surface area (Å²) < 4.78 is 1.80. The second kappa shape index (κ2) is 4.81. The predicted octanol–water partition coefficient (Wildman–Crippen LogP) is 1.57. The van der Waals surface area contributed by atoms with Crippen LogP contribution in [0.4, 0.5) is 0 Å². The van der Waals surface area contributed by atoms with E-state index in [0.717, 1.165) is 11.3 Å². The molecular formula is C13H13N3O. The number of nitriles is 1. The summed E-state index contributed by atoms with van der Waals surface area (Å²) in [5.74, 6) is 0. The lowest BCUT2D eigenvalue weighted by molar-refractivity contribution is 0.170. The molecule has 0 spiro atoms. The molecule has 0 fully saturated rings. The van der Waals surface area contributed by atoms with Gasteiger partial charge in [0, 0.05) is 13.5 Å².